The van der Waals surface area contributed by atoms with Crippen molar-refractivity contribution in [3.8, 4) is 0 Å². The zero-order chi connectivity index (χ0) is 20.1. The highest BCUT2D eigenvalue weighted by Crippen LogP contribution is 2.31. The van der Waals surface area contributed by atoms with Gasteiger partial charge in [0.25, 0.3) is 0 Å². The molecule has 1 aromatic heterocycles. The first-order chi connectivity index (χ1) is 13.4. The topological polar surface area (TPSA) is 79.3 Å². The summed E-state index contributed by atoms with van der Waals surface area (Å²) in [5, 5.41) is 10.2. The lowest BCUT2D eigenvalue weighted by Gasteiger charge is -2.18. The van der Waals surface area contributed by atoms with Crippen LogP contribution in [0.2, 0.25) is 0 Å². The molecule has 0 saturated heterocycles. The van der Waals surface area contributed by atoms with E-state index in [1.54, 1.807) is 18.1 Å². The lowest BCUT2D eigenvalue weighted by atomic mass is 10.1. The zero-order valence-corrected chi connectivity index (χ0v) is 16.9. The van der Waals surface area contributed by atoms with Crippen molar-refractivity contribution < 1.29 is 9.59 Å². The van der Waals surface area contributed by atoms with Gasteiger partial charge < -0.3 is 10.6 Å². The van der Waals surface area contributed by atoms with Crippen LogP contribution < -0.4 is 10.6 Å². The number of likely N-dealkylation sites (N-methyl/N-ethyl adjacent to an activating group) is 1. The molecule has 0 aliphatic heterocycles. The van der Waals surface area contributed by atoms with Crippen LogP contribution in [0, 0.1) is 13.8 Å². The van der Waals surface area contributed by atoms with Crippen molar-refractivity contribution in [1.29, 1.82) is 0 Å². The fourth-order valence-electron chi connectivity index (χ4n) is 3.66. The van der Waals surface area contributed by atoms with Gasteiger partial charge in [-0.2, -0.15) is 5.10 Å². The van der Waals surface area contributed by atoms with Gasteiger partial charge in [0.15, 0.2) is 0 Å². The second-order valence-electron chi connectivity index (χ2n) is 7.62. The third-order valence-corrected chi connectivity index (χ3v) is 5.31. The Morgan fingerprint density at radius 3 is 2.50 bits per heavy atom. The van der Waals surface area contributed by atoms with Crippen LogP contribution >= 0.6 is 0 Å². The number of aryl methyl sites for hydroxylation is 1. The Labute approximate surface area is 166 Å². The normalized spacial score (nSPS) is 14.4. The predicted molar refractivity (Wildman–Crippen MR) is 110 cm³/mol. The van der Waals surface area contributed by atoms with E-state index in [0.717, 1.165) is 35.5 Å². The van der Waals surface area contributed by atoms with E-state index < -0.39 is 0 Å². The molecule has 7 nitrogen and oxygen atoms in total. The van der Waals surface area contributed by atoms with Crippen molar-refractivity contribution in [2.24, 2.45) is 0 Å². The molecule has 3 rings (SSSR count). The fraction of sp³-hybridized carbons (Fsp3) is 0.476. The molecule has 0 bridgehead atoms. The highest BCUT2D eigenvalue weighted by Gasteiger charge is 2.21. The molecule has 0 unspecified atom stereocenters. The number of hydrogen-bond donors (Lipinski definition) is 2. The Hall–Kier alpha value is -2.67. The van der Waals surface area contributed by atoms with Gasteiger partial charge in [0, 0.05) is 11.8 Å². The third-order valence-electron chi connectivity index (χ3n) is 5.31. The Bertz CT molecular complexity index is 839. The number of anilines is 2. The largest absolute Gasteiger partial charge is 0.325 e. The molecular weight excluding hydrogens is 354 g/mol. The van der Waals surface area contributed by atoms with Crippen molar-refractivity contribution in [2.75, 3.05) is 30.8 Å². The molecule has 1 aliphatic rings. The number of carbonyl (C=O) groups excluding carboxylic acids is 2. The average molecular weight is 383 g/mol. The SMILES string of the molecule is Cc1cccc(NC(=O)CN(C)CC(=O)Nc2ccnn2C2CCCC2)c1C. The molecule has 7 heteroatoms. The van der Waals surface area contributed by atoms with Gasteiger partial charge in [-0.3, -0.25) is 14.5 Å². The summed E-state index contributed by atoms with van der Waals surface area (Å²) in [6.07, 6.45) is 6.33. The number of hydrogen-bond acceptors (Lipinski definition) is 4. The van der Waals surface area contributed by atoms with Crippen molar-refractivity contribution >= 4 is 23.3 Å². The highest BCUT2D eigenvalue weighted by molar-refractivity contribution is 5.94. The fourth-order valence-corrected chi connectivity index (χ4v) is 3.66. The third kappa shape index (κ3) is 4.98. The Morgan fingerprint density at radius 2 is 1.79 bits per heavy atom. The van der Waals surface area contributed by atoms with Crippen LogP contribution in [-0.2, 0) is 9.59 Å². The van der Waals surface area contributed by atoms with Crippen LogP contribution in [0.1, 0.15) is 42.9 Å². The first-order valence-corrected chi connectivity index (χ1v) is 9.82. The van der Waals surface area contributed by atoms with E-state index in [1.165, 1.54) is 12.8 Å². The monoisotopic (exact) mass is 383 g/mol. The predicted octanol–water partition coefficient (Wildman–Crippen LogP) is 3.12. The number of rotatable bonds is 7. The van der Waals surface area contributed by atoms with Crippen LogP contribution in [0.25, 0.3) is 0 Å². The number of benzene rings is 1. The van der Waals surface area contributed by atoms with Gasteiger partial charge in [0.1, 0.15) is 5.82 Å². The minimum atomic E-state index is -0.151. The summed E-state index contributed by atoms with van der Waals surface area (Å²) >= 11 is 0. The molecule has 150 valence electrons. The van der Waals surface area contributed by atoms with E-state index in [0.29, 0.717) is 6.04 Å². The number of nitrogens with one attached hydrogen (secondary N) is 2. The summed E-state index contributed by atoms with van der Waals surface area (Å²) in [5.74, 6) is 0.437. The van der Waals surface area contributed by atoms with E-state index in [-0.39, 0.29) is 24.9 Å². The Balaban J connectivity index is 1.50. The minimum Gasteiger partial charge on any atom is -0.325 e. The van der Waals surface area contributed by atoms with Crippen LogP contribution in [0.4, 0.5) is 11.5 Å². The van der Waals surface area contributed by atoms with E-state index in [2.05, 4.69) is 15.7 Å². The van der Waals surface area contributed by atoms with Crippen LogP contribution in [0.15, 0.2) is 30.5 Å². The van der Waals surface area contributed by atoms with E-state index in [9.17, 15) is 9.59 Å². The lowest BCUT2D eigenvalue weighted by molar-refractivity contribution is -0.119. The van der Waals surface area contributed by atoms with Crippen molar-refractivity contribution in [3.63, 3.8) is 0 Å². The first-order valence-electron chi connectivity index (χ1n) is 9.82. The van der Waals surface area contributed by atoms with Crippen molar-refractivity contribution in [2.45, 2.75) is 45.6 Å². The molecule has 1 fully saturated rings. The summed E-state index contributed by atoms with van der Waals surface area (Å²) < 4.78 is 1.91. The Morgan fingerprint density at radius 1 is 1.11 bits per heavy atom. The molecular formula is C21H29N5O2. The second-order valence-corrected chi connectivity index (χ2v) is 7.62. The maximum absolute atomic E-state index is 12.4. The standard InChI is InChI=1S/C21H29N5O2/c1-15-7-6-10-18(16(15)2)23-20(27)13-25(3)14-21(28)24-19-11-12-22-26(19)17-8-4-5-9-17/h6-7,10-12,17H,4-5,8-9,13-14H2,1-3H3,(H,23,27)(H,24,28). The molecule has 0 atom stereocenters. The number of amides is 2. The lowest BCUT2D eigenvalue weighted by Crippen LogP contribution is -2.36. The molecule has 1 saturated carbocycles. The average Bonchev–Trinajstić information content (AvgIpc) is 3.29. The van der Waals surface area contributed by atoms with Crippen molar-refractivity contribution in [3.05, 3.63) is 41.6 Å². The van der Waals surface area contributed by atoms with Gasteiger partial charge in [-0.25, -0.2) is 4.68 Å². The molecule has 2 aromatic rings. The number of nitrogens with zero attached hydrogens (tertiary/aromatic N) is 3. The Kier molecular flexibility index (Phi) is 6.46. The van der Waals surface area contributed by atoms with E-state index >= 15 is 0 Å². The molecule has 1 aliphatic carbocycles. The number of aromatic nitrogens is 2. The summed E-state index contributed by atoms with van der Waals surface area (Å²) in [7, 11) is 1.76. The van der Waals surface area contributed by atoms with Gasteiger partial charge in [-0.05, 0) is 50.9 Å². The molecule has 2 N–H and O–H groups in total. The summed E-state index contributed by atoms with van der Waals surface area (Å²) in [6, 6.07) is 8.01. The van der Waals surface area contributed by atoms with Crippen LogP contribution in [-0.4, -0.2) is 46.6 Å². The summed E-state index contributed by atoms with van der Waals surface area (Å²) in [4.78, 5) is 26.4. The number of carbonyl (C=O) groups is 2. The quantitative estimate of drug-likeness (QED) is 0.770. The summed E-state index contributed by atoms with van der Waals surface area (Å²) in [6.45, 7) is 4.27. The van der Waals surface area contributed by atoms with Gasteiger partial charge in [-0.15, -0.1) is 0 Å². The minimum absolute atomic E-state index is 0.135. The van der Waals surface area contributed by atoms with Gasteiger partial charge in [-0.1, -0.05) is 25.0 Å². The zero-order valence-electron chi connectivity index (χ0n) is 16.9. The maximum Gasteiger partial charge on any atom is 0.239 e. The molecule has 28 heavy (non-hydrogen) atoms. The molecule has 1 aromatic carbocycles. The van der Waals surface area contributed by atoms with Crippen molar-refractivity contribution in [1.82, 2.24) is 14.7 Å². The maximum atomic E-state index is 12.4. The smallest absolute Gasteiger partial charge is 0.239 e. The van der Waals surface area contributed by atoms with Crippen LogP contribution in [0.3, 0.4) is 0 Å². The molecule has 2 amide bonds. The van der Waals surface area contributed by atoms with E-state index in [1.807, 2.05) is 42.8 Å². The van der Waals surface area contributed by atoms with Crippen LogP contribution in [0.5, 0.6) is 0 Å². The molecule has 0 radical (unpaired) electrons. The second kappa shape index (κ2) is 9.01. The van der Waals surface area contributed by atoms with E-state index in [4.69, 9.17) is 0 Å². The van der Waals surface area contributed by atoms with Gasteiger partial charge >= 0.3 is 0 Å². The molecule has 0 spiro atoms. The van der Waals surface area contributed by atoms with Gasteiger partial charge in [0.2, 0.25) is 11.8 Å². The van der Waals surface area contributed by atoms with Gasteiger partial charge in [0.05, 0.1) is 25.3 Å². The summed E-state index contributed by atoms with van der Waals surface area (Å²) in [5.41, 5.74) is 2.99. The highest BCUT2D eigenvalue weighted by atomic mass is 16.2. The molecule has 1 heterocycles. The first kappa shape index (κ1) is 20.1.